The molecule has 0 aliphatic carbocycles. The molecule has 1 saturated heterocycles. The van der Waals surface area contributed by atoms with Crippen LogP contribution in [0.5, 0.6) is 5.75 Å². The fraction of sp³-hybridized carbons (Fsp3) is 0.423. The fourth-order valence-corrected chi connectivity index (χ4v) is 4.18. The van der Waals surface area contributed by atoms with Crippen molar-refractivity contribution in [2.75, 3.05) is 59.6 Å². The Kier molecular flexibility index (Phi) is 7.71. The average Bonchev–Trinajstić information content (AvgIpc) is 2.82. The Hall–Kier alpha value is -2.51. The number of nitrogens with zero attached hydrogens (tertiary/aromatic N) is 3. The van der Waals surface area contributed by atoms with Gasteiger partial charge in [-0.25, -0.2) is 0 Å². The van der Waals surface area contributed by atoms with E-state index in [0.29, 0.717) is 13.2 Å². The van der Waals surface area contributed by atoms with Crippen LogP contribution in [0.25, 0.3) is 21.9 Å². The van der Waals surface area contributed by atoms with Crippen LogP contribution in [-0.4, -0.2) is 85.6 Å². The summed E-state index contributed by atoms with van der Waals surface area (Å²) in [7, 11) is 1.74. The normalized spacial score (nSPS) is 16.3. The number of aromatic nitrogens is 1. The molecule has 1 atom stereocenters. The molecule has 0 radical (unpaired) electrons. The molecular formula is C26H33N3O3. The first kappa shape index (κ1) is 22.7. The predicted molar refractivity (Wildman–Crippen MR) is 128 cm³/mol. The van der Waals surface area contributed by atoms with Crippen LogP contribution in [0.1, 0.15) is 5.69 Å². The fourth-order valence-electron chi connectivity index (χ4n) is 4.18. The van der Waals surface area contributed by atoms with E-state index in [1.165, 1.54) is 5.39 Å². The van der Waals surface area contributed by atoms with Gasteiger partial charge >= 0.3 is 0 Å². The quantitative estimate of drug-likeness (QED) is 0.557. The van der Waals surface area contributed by atoms with Crippen LogP contribution in [-0.2, 0) is 4.74 Å². The van der Waals surface area contributed by atoms with E-state index in [9.17, 15) is 5.11 Å². The monoisotopic (exact) mass is 435 g/mol. The maximum atomic E-state index is 10.5. The van der Waals surface area contributed by atoms with Gasteiger partial charge in [0.25, 0.3) is 0 Å². The van der Waals surface area contributed by atoms with Gasteiger partial charge in [-0.05, 0) is 59.2 Å². The molecule has 1 unspecified atom stereocenters. The number of aliphatic hydroxyl groups is 1. The number of hydrogen-bond acceptors (Lipinski definition) is 6. The van der Waals surface area contributed by atoms with Gasteiger partial charge in [-0.3, -0.25) is 14.8 Å². The molecule has 1 fully saturated rings. The van der Waals surface area contributed by atoms with Gasteiger partial charge in [-0.1, -0.05) is 18.2 Å². The molecular weight excluding hydrogens is 402 g/mol. The molecule has 4 rings (SSSR count). The number of hydrogen-bond donors (Lipinski definition) is 1. The summed E-state index contributed by atoms with van der Waals surface area (Å²) in [4.78, 5) is 8.99. The highest BCUT2D eigenvalue weighted by Crippen LogP contribution is 2.27. The van der Waals surface area contributed by atoms with Crippen molar-refractivity contribution in [3.8, 4) is 16.9 Å². The van der Waals surface area contributed by atoms with E-state index >= 15 is 0 Å². The summed E-state index contributed by atoms with van der Waals surface area (Å²) in [6.45, 7) is 8.63. The minimum absolute atomic E-state index is 0.290. The van der Waals surface area contributed by atoms with Crippen molar-refractivity contribution >= 4 is 10.8 Å². The Labute approximate surface area is 190 Å². The van der Waals surface area contributed by atoms with Crippen LogP contribution in [0.15, 0.2) is 54.7 Å². The number of rotatable bonds is 9. The van der Waals surface area contributed by atoms with E-state index in [-0.39, 0.29) is 0 Å². The molecule has 3 aromatic rings. The average molecular weight is 436 g/mol. The summed E-state index contributed by atoms with van der Waals surface area (Å²) in [5.74, 6) is 0.781. The van der Waals surface area contributed by atoms with Gasteiger partial charge in [0.05, 0.1) is 6.61 Å². The summed E-state index contributed by atoms with van der Waals surface area (Å²) in [6, 6.07) is 16.7. The first-order valence-corrected chi connectivity index (χ1v) is 11.3. The van der Waals surface area contributed by atoms with Crippen LogP contribution >= 0.6 is 0 Å². The second-order valence-electron chi connectivity index (χ2n) is 8.51. The van der Waals surface area contributed by atoms with Gasteiger partial charge in [0, 0.05) is 58.3 Å². The lowest BCUT2D eigenvalue weighted by atomic mass is 10.0. The predicted octanol–water partition coefficient (Wildman–Crippen LogP) is 3.21. The van der Waals surface area contributed by atoms with Crippen LogP contribution < -0.4 is 4.74 Å². The van der Waals surface area contributed by atoms with Gasteiger partial charge < -0.3 is 14.6 Å². The van der Waals surface area contributed by atoms with Crippen molar-refractivity contribution in [2.24, 2.45) is 0 Å². The largest absolute Gasteiger partial charge is 0.491 e. The lowest BCUT2D eigenvalue weighted by Gasteiger charge is -2.35. The second-order valence-corrected chi connectivity index (χ2v) is 8.51. The minimum atomic E-state index is -0.512. The van der Waals surface area contributed by atoms with E-state index in [2.05, 4.69) is 45.1 Å². The van der Waals surface area contributed by atoms with Gasteiger partial charge in [-0.15, -0.1) is 0 Å². The summed E-state index contributed by atoms with van der Waals surface area (Å²) in [5, 5.41) is 12.8. The Bertz CT molecular complexity index is 1020. The topological polar surface area (TPSA) is 58.1 Å². The Morgan fingerprint density at radius 1 is 0.938 bits per heavy atom. The van der Waals surface area contributed by atoms with Crippen molar-refractivity contribution in [1.29, 1.82) is 0 Å². The third-order valence-corrected chi connectivity index (χ3v) is 6.03. The van der Waals surface area contributed by atoms with Crippen LogP contribution in [0.2, 0.25) is 0 Å². The van der Waals surface area contributed by atoms with Crippen molar-refractivity contribution in [3.63, 3.8) is 0 Å². The standard InChI is InChI=1S/C26H33N3O3/c1-20-15-23(7-8-27-20)22-4-3-21-5-6-26(17-24(21)16-22)32-19-25(30)18-29-11-9-28(10-12-29)13-14-31-2/h3-8,15-17,25,30H,9-14,18-19H2,1-2H3. The number of aryl methyl sites for hydroxylation is 1. The maximum absolute atomic E-state index is 10.5. The summed E-state index contributed by atoms with van der Waals surface area (Å²) in [5.41, 5.74) is 3.32. The molecule has 1 N–H and O–H groups in total. The van der Waals surface area contributed by atoms with E-state index in [1.54, 1.807) is 7.11 Å². The molecule has 2 aromatic carbocycles. The Morgan fingerprint density at radius 3 is 2.47 bits per heavy atom. The number of aliphatic hydroxyl groups excluding tert-OH is 1. The molecule has 0 spiro atoms. The van der Waals surface area contributed by atoms with Crippen LogP contribution in [0, 0.1) is 6.92 Å². The Balaban J connectivity index is 1.32. The lowest BCUT2D eigenvalue weighted by Crippen LogP contribution is -2.49. The van der Waals surface area contributed by atoms with E-state index in [0.717, 1.165) is 67.3 Å². The molecule has 0 amide bonds. The van der Waals surface area contributed by atoms with Gasteiger partial charge in [0.15, 0.2) is 0 Å². The molecule has 6 heteroatoms. The molecule has 170 valence electrons. The third kappa shape index (κ3) is 6.04. The van der Waals surface area contributed by atoms with E-state index in [4.69, 9.17) is 9.47 Å². The number of pyridine rings is 1. The van der Waals surface area contributed by atoms with Crippen molar-refractivity contribution in [1.82, 2.24) is 14.8 Å². The molecule has 0 saturated carbocycles. The van der Waals surface area contributed by atoms with Gasteiger partial charge in [0.2, 0.25) is 0 Å². The summed E-state index contributed by atoms with van der Waals surface area (Å²) >= 11 is 0. The van der Waals surface area contributed by atoms with Crippen molar-refractivity contribution < 1.29 is 14.6 Å². The number of benzene rings is 2. The number of fused-ring (bicyclic) bond motifs is 1. The first-order chi connectivity index (χ1) is 15.6. The zero-order chi connectivity index (χ0) is 22.3. The lowest BCUT2D eigenvalue weighted by molar-refractivity contribution is 0.0405. The number of ether oxygens (including phenoxy) is 2. The molecule has 0 bridgehead atoms. The zero-order valence-corrected chi connectivity index (χ0v) is 19.0. The van der Waals surface area contributed by atoms with E-state index in [1.807, 2.05) is 31.3 Å². The minimum Gasteiger partial charge on any atom is -0.491 e. The SMILES string of the molecule is COCCN1CCN(CC(O)COc2ccc3ccc(-c4ccnc(C)c4)cc3c2)CC1. The van der Waals surface area contributed by atoms with Gasteiger partial charge in [0.1, 0.15) is 18.5 Å². The zero-order valence-electron chi connectivity index (χ0n) is 19.0. The molecule has 32 heavy (non-hydrogen) atoms. The highest BCUT2D eigenvalue weighted by atomic mass is 16.5. The second kappa shape index (κ2) is 10.9. The third-order valence-electron chi connectivity index (χ3n) is 6.03. The number of piperazine rings is 1. The Morgan fingerprint density at radius 2 is 1.69 bits per heavy atom. The number of β-amino-alcohol motifs (C(OH)–C–C–N with tert-alkyl or cyclic N) is 1. The smallest absolute Gasteiger partial charge is 0.120 e. The summed E-state index contributed by atoms with van der Waals surface area (Å²) in [6.07, 6.45) is 1.33. The number of methoxy groups -OCH3 is 1. The van der Waals surface area contributed by atoms with Crippen LogP contribution in [0.4, 0.5) is 0 Å². The highest BCUT2D eigenvalue weighted by molar-refractivity contribution is 5.88. The molecule has 1 aliphatic heterocycles. The highest BCUT2D eigenvalue weighted by Gasteiger charge is 2.19. The first-order valence-electron chi connectivity index (χ1n) is 11.3. The van der Waals surface area contributed by atoms with Crippen molar-refractivity contribution in [3.05, 3.63) is 60.4 Å². The summed E-state index contributed by atoms with van der Waals surface area (Å²) < 4.78 is 11.1. The van der Waals surface area contributed by atoms with Gasteiger partial charge in [-0.2, -0.15) is 0 Å². The maximum Gasteiger partial charge on any atom is 0.120 e. The van der Waals surface area contributed by atoms with Crippen LogP contribution in [0.3, 0.4) is 0 Å². The van der Waals surface area contributed by atoms with E-state index < -0.39 is 6.10 Å². The molecule has 6 nitrogen and oxygen atoms in total. The molecule has 1 aliphatic rings. The molecule has 2 heterocycles. The molecule has 1 aromatic heterocycles. The van der Waals surface area contributed by atoms with Crippen molar-refractivity contribution in [2.45, 2.75) is 13.0 Å².